The van der Waals surface area contributed by atoms with E-state index in [9.17, 15) is 4.79 Å². The molecule has 1 aromatic heterocycles. The average molecular weight is 306 g/mol. The molecular weight excluding hydrogens is 290 g/mol. The zero-order valence-electron chi connectivity index (χ0n) is 9.42. The number of rotatable bonds is 6. The van der Waals surface area contributed by atoms with Crippen LogP contribution in [0.4, 0.5) is 5.13 Å². The molecule has 0 fully saturated rings. The molecule has 0 aliphatic heterocycles. The number of hydrogen-bond donors (Lipinski definition) is 2. The van der Waals surface area contributed by atoms with Crippen LogP contribution in [0.25, 0.3) is 0 Å². The molecule has 1 rings (SSSR count). The zero-order chi connectivity index (χ0) is 12.0. The van der Waals surface area contributed by atoms with Gasteiger partial charge in [-0.2, -0.15) is 0 Å². The predicted octanol–water partition coefficient (Wildman–Crippen LogP) is 2.48. The molecule has 2 N–H and O–H groups in total. The van der Waals surface area contributed by atoms with Crippen molar-refractivity contribution in [2.45, 2.75) is 20.3 Å². The first kappa shape index (κ1) is 13.4. The van der Waals surface area contributed by atoms with Crippen LogP contribution in [-0.2, 0) is 4.79 Å². The highest BCUT2D eigenvalue weighted by Gasteiger charge is 2.03. The molecule has 0 aliphatic rings. The Balaban J connectivity index is 2.13. The maximum Gasteiger partial charge on any atom is 0.221 e. The summed E-state index contributed by atoms with van der Waals surface area (Å²) in [5, 5.41) is 8.71. The normalized spacial score (nSPS) is 10.5. The summed E-state index contributed by atoms with van der Waals surface area (Å²) in [7, 11) is 0. The second-order valence-electron chi connectivity index (χ2n) is 3.85. The maximum atomic E-state index is 11.4. The van der Waals surface area contributed by atoms with E-state index in [0.29, 0.717) is 18.9 Å². The van der Waals surface area contributed by atoms with E-state index in [0.717, 1.165) is 16.3 Å². The number of amides is 1. The lowest BCUT2D eigenvalue weighted by Crippen LogP contribution is -2.28. The Morgan fingerprint density at radius 2 is 2.38 bits per heavy atom. The molecular formula is C10H16BrN3OS. The molecule has 0 aromatic carbocycles. The third-order valence-corrected chi connectivity index (χ3v) is 3.32. The van der Waals surface area contributed by atoms with Crippen LogP contribution >= 0.6 is 27.3 Å². The summed E-state index contributed by atoms with van der Waals surface area (Å²) in [5.41, 5.74) is 0. The first-order chi connectivity index (χ1) is 7.58. The first-order valence-electron chi connectivity index (χ1n) is 5.19. The van der Waals surface area contributed by atoms with Crippen LogP contribution in [0.2, 0.25) is 0 Å². The van der Waals surface area contributed by atoms with Gasteiger partial charge in [0, 0.05) is 24.9 Å². The Hall–Kier alpha value is -0.620. The molecule has 0 bridgehead atoms. The fraction of sp³-hybridized carbons (Fsp3) is 0.600. The lowest BCUT2D eigenvalue weighted by Gasteiger charge is -2.07. The van der Waals surface area contributed by atoms with Crippen molar-refractivity contribution in [2.24, 2.45) is 5.92 Å². The summed E-state index contributed by atoms with van der Waals surface area (Å²) >= 11 is 4.79. The minimum Gasteiger partial charge on any atom is -0.361 e. The topological polar surface area (TPSA) is 54.0 Å². The van der Waals surface area contributed by atoms with Gasteiger partial charge in [0.2, 0.25) is 5.91 Å². The molecule has 1 amide bonds. The van der Waals surface area contributed by atoms with Crippen molar-refractivity contribution in [3.8, 4) is 0 Å². The van der Waals surface area contributed by atoms with Gasteiger partial charge in [-0.05, 0) is 21.8 Å². The minimum absolute atomic E-state index is 0.0804. The Labute approximate surface area is 108 Å². The van der Waals surface area contributed by atoms with Crippen LogP contribution in [-0.4, -0.2) is 24.0 Å². The number of nitrogens with one attached hydrogen (secondary N) is 2. The number of carbonyl (C=O) groups excluding carboxylic acids is 1. The van der Waals surface area contributed by atoms with E-state index in [4.69, 9.17) is 0 Å². The van der Waals surface area contributed by atoms with Crippen molar-refractivity contribution in [3.63, 3.8) is 0 Å². The standard InChI is InChI=1S/C10H16BrN3OS/c1-7(2)5-13-9(15)3-4-12-10-14-8(11)6-16-10/h6-7H,3-5H2,1-2H3,(H,12,14)(H,13,15). The van der Waals surface area contributed by atoms with E-state index in [1.165, 1.54) is 11.3 Å². The van der Waals surface area contributed by atoms with Gasteiger partial charge in [-0.1, -0.05) is 13.8 Å². The zero-order valence-corrected chi connectivity index (χ0v) is 11.8. The molecule has 0 saturated carbocycles. The molecule has 1 heterocycles. The van der Waals surface area contributed by atoms with Crippen LogP contribution in [0, 0.1) is 5.92 Å². The second-order valence-corrected chi connectivity index (χ2v) is 5.52. The summed E-state index contributed by atoms with van der Waals surface area (Å²) in [6.07, 6.45) is 0.476. The number of carbonyl (C=O) groups is 1. The molecule has 0 radical (unpaired) electrons. The summed E-state index contributed by atoms with van der Waals surface area (Å²) in [5.74, 6) is 0.573. The van der Waals surface area contributed by atoms with Crippen molar-refractivity contribution >= 4 is 38.3 Å². The summed E-state index contributed by atoms with van der Waals surface area (Å²) in [4.78, 5) is 15.5. The molecule has 0 aliphatic carbocycles. The van der Waals surface area contributed by atoms with Gasteiger partial charge in [-0.15, -0.1) is 11.3 Å². The van der Waals surface area contributed by atoms with E-state index in [-0.39, 0.29) is 5.91 Å². The maximum absolute atomic E-state index is 11.4. The Morgan fingerprint density at radius 3 is 2.94 bits per heavy atom. The van der Waals surface area contributed by atoms with Gasteiger partial charge in [-0.3, -0.25) is 4.79 Å². The van der Waals surface area contributed by atoms with E-state index in [1.54, 1.807) is 0 Å². The van der Waals surface area contributed by atoms with Crippen molar-refractivity contribution in [3.05, 3.63) is 9.98 Å². The first-order valence-corrected chi connectivity index (χ1v) is 6.87. The van der Waals surface area contributed by atoms with Crippen molar-refractivity contribution < 1.29 is 4.79 Å². The van der Waals surface area contributed by atoms with Crippen molar-refractivity contribution in [2.75, 3.05) is 18.4 Å². The highest BCUT2D eigenvalue weighted by atomic mass is 79.9. The molecule has 0 atom stereocenters. The van der Waals surface area contributed by atoms with Crippen molar-refractivity contribution in [1.29, 1.82) is 0 Å². The van der Waals surface area contributed by atoms with Crippen LogP contribution in [0.1, 0.15) is 20.3 Å². The fourth-order valence-electron chi connectivity index (χ4n) is 1.02. The highest BCUT2D eigenvalue weighted by molar-refractivity contribution is 9.10. The monoisotopic (exact) mass is 305 g/mol. The van der Waals surface area contributed by atoms with Crippen LogP contribution < -0.4 is 10.6 Å². The number of halogens is 1. The van der Waals surface area contributed by atoms with Gasteiger partial charge in [0.15, 0.2) is 5.13 Å². The van der Waals surface area contributed by atoms with E-state index >= 15 is 0 Å². The van der Waals surface area contributed by atoms with Crippen LogP contribution in [0.3, 0.4) is 0 Å². The molecule has 0 saturated heterocycles. The van der Waals surface area contributed by atoms with Crippen LogP contribution in [0.5, 0.6) is 0 Å². The summed E-state index contributed by atoms with van der Waals surface area (Å²) in [6.45, 7) is 5.50. The molecule has 0 spiro atoms. The van der Waals surface area contributed by atoms with E-state index in [1.807, 2.05) is 5.38 Å². The van der Waals surface area contributed by atoms with Gasteiger partial charge in [0.25, 0.3) is 0 Å². The number of aromatic nitrogens is 1. The lowest BCUT2D eigenvalue weighted by atomic mass is 10.2. The molecule has 1 aromatic rings. The molecule has 90 valence electrons. The van der Waals surface area contributed by atoms with E-state index in [2.05, 4.69) is 45.4 Å². The number of hydrogen-bond acceptors (Lipinski definition) is 4. The van der Waals surface area contributed by atoms with Gasteiger partial charge < -0.3 is 10.6 Å². The summed E-state index contributed by atoms with van der Waals surface area (Å²) in [6, 6.07) is 0. The molecule has 6 heteroatoms. The minimum atomic E-state index is 0.0804. The molecule has 0 unspecified atom stereocenters. The second kappa shape index (κ2) is 6.85. The number of nitrogens with zero attached hydrogens (tertiary/aromatic N) is 1. The van der Waals surface area contributed by atoms with Gasteiger partial charge >= 0.3 is 0 Å². The Morgan fingerprint density at radius 1 is 1.62 bits per heavy atom. The third-order valence-electron chi connectivity index (χ3n) is 1.81. The Kier molecular flexibility index (Phi) is 5.76. The highest BCUT2D eigenvalue weighted by Crippen LogP contribution is 2.18. The predicted molar refractivity (Wildman–Crippen MR) is 70.8 cm³/mol. The average Bonchev–Trinajstić information content (AvgIpc) is 2.61. The lowest BCUT2D eigenvalue weighted by molar-refractivity contribution is -0.120. The van der Waals surface area contributed by atoms with Crippen molar-refractivity contribution in [1.82, 2.24) is 10.3 Å². The van der Waals surface area contributed by atoms with Crippen LogP contribution in [0.15, 0.2) is 9.98 Å². The van der Waals surface area contributed by atoms with Gasteiger partial charge in [0.05, 0.1) is 0 Å². The number of thiazole rings is 1. The molecule has 4 nitrogen and oxygen atoms in total. The fourth-order valence-corrected chi connectivity index (χ4v) is 2.20. The van der Waals surface area contributed by atoms with E-state index < -0.39 is 0 Å². The number of anilines is 1. The Bertz CT molecular complexity index is 341. The summed E-state index contributed by atoms with van der Waals surface area (Å²) < 4.78 is 0.823. The SMILES string of the molecule is CC(C)CNC(=O)CCNc1nc(Br)cs1. The van der Waals surface area contributed by atoms with Gasteiger partial charge in [-0.25, -0.2) is 4.98 Å². The smallest absolute Gasteiger partial charge is 0.221 e. The quantitative estimate of drug-likeness (QED) is 0.849. The van der Waals surface area contributed by atoms with Gasteiger partial charge in [0.1, 0.15) is 4.60 Å². The third kappa shape index (κ3) is 5.46. The largest absolute Gasteiger partial charge is 0.361 e. The molecule has 16 heavy (non-hydrogen) atoms.